The van der Waals surface area contributed by atoms with Crippen LogP contribution in [0.5, 0.6) is 5.75 Å². The summed E-state index contributed by atoms with van der Waals surface area (Å²) < 4.78 is 12.1. The molecular formula is C23H39NO4Si. The second-order valence-corrected chi connectivity index (χ2v) is 14.6. The van der Waals surface area contributed by atoms with Crippen molar-refractivity contribution in [2.45, 2.75) is 64.1 Å². The Labute approximate surface area is 177 Å². The van der Waals surface area contributed by atoms with E-state index >= 15 is 0 Å². The predicted octanol–water partition coefficient (Wildman–Crippen LogP) is 5.24. The quantitative estimate of drug-likeness (QED) is 0.383. The Morgan fingerprint density at radius 2 is 1.52 bits per heavy atom. The van der Waals surface area contributed by atoms with Crippen LogP contribution in [-0.4, -0.2) is 47.2 Å². The van der Waals surface area contributed by atoms with Gasteiger partial charge in [-0.3, -0.25) is 9.63 Å². The molecule has 0 saturated heterocycles. The van der Waals surface area contributed by atoms with Crippen LogP contribution < -0.4 is 4.74 Å². The van der Waals surface area contributed by atoms with Crippen LogP contribution in [0, 0.1) is 11.8 Å². The fraction of sp³-hybridized carbons (Fsp3) is 0.696. The molecule has 0 radical (unpaired) electrons. The highest BCUT2D eigenvalue weighted by Crippen LogP contribution is 2.56. The summed E-state index contributed by atoms with van der Waals surface area (Å²) in [6.45, 7) is 14.4. The molecular weight excluding hydrogens is 382 g/mol. The van der Waals surface area contributed by atoms with E-state index in [0.717, 1.165) is 11.3 Å². The van der Waals surface area contributed by atoms with Gasteiger partial charge in [0.1, 0.15) is 5.75 Å². The summed E-state index contributed by atoms with van der Waals surface area (Å²) in [5, 5.41) is 1.35. The average molecular weight is 422 g/mol. The molecule has 0 aromatic heterocycles. The normalized spacial score (nSPS) is 21.7. The van der Waals surface area contributed by atoms with Crippen LogP contribution in [0.2, 0.25) is 16.6 Å². The molecule has 0 bridgehead atoms. The predicted molar refractivity (Wildman–Crippen MR) is 119 cm³/mol. The van der Waals surface area contributed by atoms with Crippen molar-refractivity contribution in [3.05, 3.63) is 29.8 Å². The van der Waals surface area contributed by atoms with Gasteiger partial charge in [0, 0.05) is 25.5 Å². The molecule has 2 rings (SSSR count). The first kappa shape index (κ1) is 23.9. The van der Waals surface area contributed by atoms with Crippen molar-refractivity contribution < 1.29 is 18.8 Å². The maximum Gasteiger partial charge on any atom is 0.249 e. The minimum atomic E-state index is -1.97. The smallest absolute Gasteiger partial charge is 0.249 e. The number of rotatable bonds is 10. The van der Waals surface area contributed by atoms with Crippen molar-refractivity contribution in [1.29, 1.82) is 0 Å². The van der Waals surface area contributed by atoms with Gasteiger partial charge >= 0.3 is 0 Å². The molecule has 1 aliphatic rings. The molecule has 0 heterocycles. The largest absolute Gasteiger partial charge is 0.497 e. The van der Waals surface area contributed by atoms with E-state index in [1.807, 2.05) is 12.1 Å². The van der Waals surface area contributed by atoms with E-state index in [1.54, 1.807) is 14.2 Å². The number of nitrogens with zero attached hydrogens (tertiary/aromatic N) is 1. The summed E-state index contributed by atoms with van der Waals surface area (Å²) in [6, 6.07) is 8.05. The monoisotopic (exact) mass is 421 g/mol. The molecule has 1 aromatic rings. The molecule has 1 saturated carbocycles. The molecule has 3 atom stereocenters. The fourth-order valence-electron chi connectivity index (χ4n) is 5.24. The molecule has 0 N–H and O–H groups in total. The number of carbonyl (C=O) groups is 1. The molecule has 1 aromatic carbocycles. The average Bonchev–Trinajstić information content (AvgIpc) is 3.40. The lowest BCUT2D eigenvalue weighted by atomic mass is 10.1. The Morgan fingerprint density at radius 1 is 1.00 bits per heavy atom. The first-order chi connectivity index (χ1) is 13.6. The van der Waals surface area contributed by atoms with E-state index in [-0.39, 0.29) is 23.7 Å². The third-order valence-electron chi connectivity index (χ3n) is 6.77. The van der Waals surface area contributed by atoms with Gasteiger partial charge in [-0.15, -0.1) is 0 Å². The highest BCUT2D eigenvalue weighted by molar-refractivity contribution is 6.77. The zero-order valence-electron chi connectivity index (χ0n) is 19.6. The topological polar surface area (TPSA) is 48.0 Å². The molecule has 1 amide bonds. The third kappa shape index (κ3) is 4.70. The Morgan fingerprint density at radius 3 is 1.93 bits per heavy atom. The maximum atomic E-state index is 12.9. The number of hydrogen-bond acceptors (Lipinski definition) is 4. The van der Waals surface area contributed by atoms with Crippen molar-refractivity contribution in [2.75, 3.05) is 27.9 Å². The second-order valence-electron chi connectivity index (χ2n) is 9.14. The minimum absolute atomic E-state index is 0.0211. The molecule has 0 spiro atoms. The van der Waals surface area contributed by atoms with Crippen molar-refractivity contribution in [3.63, 3.8) is 0 Å². The SMILES string of the molecule is COc1ccc([C@@H]2[C@H](CO[Si](C(C)C)(C(C)C)C(C)C)[C@@H]2C(=O)N(C)OC)cc1. The van der Waals surface area contributed by atoms with E-state index in [2.05, 4.69) is 53.7 Å². The molecule has 1 fully saturated rings. The molecule has 0 aliphatic heterocycles. The number of hydroxylamine groups is 2. The van der Waals surface area contributed by atoms with Gasteiger partial charge in [-0.05, 0) is 34.3 Å². The molecule has 5 nitrogen and oxygen atoms in total. The van der Waals surface area contributed by atoms with Gasteiger partial charge in [0.25, 0.3) is 0 Å². The van der Waals surface area contributed by atoms with E-state index < -0.39 is 8.32 Å². The highest BCUT2D eigenvalue weighted by atomic mass is 28.4. The van der Waals surface area contributed by atoms with E-state index in [9.17, 15) is 4.79 Å². The molecule has 0 unspecified atom stereocenters. The van der Waals surface area contributed by atoms with Crippen molar-refractivity contribution in [1.82, 2.24) is 5.06 Å². The highest BCUT2D eigenvalue weighted by Gasteiger charge is 2.58. The summed E-state index contributed by atoms with van der Waals surface area (Å²) in [5.74, 6) is 1.07. The zero-order valence-corrected chi connectivity index (χ0v) is 20.6. The third-order valence-corrected chi connectivity index (χ3v) is 12.9. The summed E-state index contributed by atoms with van der Waals surface area (Å²) in [5.41, 5.74) is 2.73. The molecule has 1 aliphatic carbocycles. The van der Waals surface area contributed by atoms with Crippen LogP contribution in [-0.2, 0) is 14.1 Å². The lowest BCUT2D eigenvalue weighted by Crippen LogP contribution is -2.48. The van der Waals surface area contributed by atoms with Crippen molar-refractivity contribution in [3.8, 4) is 5.75 Å². The van der Waals surface area contributed by atoms with Crippen LogP contribution in [0.3, 0.4) is 0 Å². The maximum absolute atomic E-state index is 12.9. The number of amides is 1. The molecule has 164 valence electrons. The number of ether oxygens (including phenoxy) is 1. The van der Waals surface area contributed by atoms with Crippen LogP contribution >= 0.6 is 0 Å². The van der Waals surface area contributed by atoms with E-state index in [0.29, 0.717) is 23.2 Å². The summed E-state index contributed by atoms with van der Waals surface area (Å²) in [4.78, 5) is 18.1. The lowest BCUT2D eigenvalue weighted by Gasteiger charge is -2.42. The Balaban J connectivity index is 2.25. The summed E-state index contributed by atoms with van der Waals surface area (Å²) in [7, 11) is 2.90. The molecule has 6 heteroatoms. The second kappa shape index (κ2) is 9.62. The van der Waals surface area contributed by atoms with Gasteiger partial charge in [0.2, 0.25) is 5.91 Å². The minimum Gasteiger partial charge on any atom is -0.497 e. The summed E-state index contributed by atoms with van der Waals surface area (Å²) in [6.07, 6.45) is 0. The molecule has 29 heavy (non-hydrogen) atoms. The fourth-order valence-corrected chi connectivity index (χ4v) is 10.7. The first-order valence-electron chi connectivity index (χ1n) is 10.7. The van der Waals surface area contributed by atoms with Crippen molar-refractivity contribution in [2.24, 2.45) is 11.8 Å². The Kier molecular flexibility index (Phi) is 7.93. The van der Waals surface area contributed by atoms with E-state index in [4.69, 9.17) is 14.0 Å². The van der Waals surface area contributed by atoms with Gasteiger partial charge in [0.15, 0.2) is 8.32 Å². The van der Waals surface area contributed by atoms with Gasteiger partial charge < -0.3 is 9.16 Å². The van der Waals surface area contributed by atoms with Crippen LogP contribution in [0.25, 0.3) is 0 Å². The number of carbonyl (C=O) groups excluding carboxylic acids is 1. The van der Waals surface area contributed by atoms with Gasteiger partial charge in [-0.2, -0.15) is 0 Å². The number of hydrogen-bond donors (Lipinski definition) is 0. The lowest BCUT2D eigenvalue weighted by molar-refractivity contribution is -0.170. The Hall–Kier alpha value is -1.37. The van der Waals surface area contributed by atoms with Crippen LogP contribution in [0.15, 0.2) is 24.3 Å². The summed E-state index contributed by atoms with van der Waals surface area (Å²) >= 11 is 0. The van der Waals surface area contributed by atoms with E-state index in [1.165, 1.54) is 12.2 Å². The zero-order chi connectivity index (χ0) is 21.9. The first-order valence-corrected chi connectivity index (χ1v) is 12.8. The van der Waals surface area contributed by atoms with Gasteiger partial charge in [-0.25, -0.2) is 5.06 Å². The van der Waals surface area contributed by atoms with Crippen molar-refractivity contribution >= 4 is 14.2 Å². The Bertz CT molecular complexity index is 652. The number of methoxy groups -OCH3 is 1. The van der Waals surface area contributed by atoms with Crippen LogP contribution in [0.1, 0.15) is 53.0 Å². The standard InChI is InChI=1S/C23H39NO4Si/c1-15(2)29(16(3)4,17(5)6)28-14-20-21(22(20)23(25)24(7)27-9)18-10-12-19(26-8)13-11-18/h10-13,15-17,20-22H,14H2,1-9H3/t20-,21+,22-/m0/s1. The van der Waals surface area contributed by atoms with Gasteiger partial charge in [0.05, 0.1) is 20.1 Å². The van der Waals surface area contributed by atoms with Crippen LogP contribution in [0.4, 0.5) is 0 Å². The number of benzene rings is 1. The van der Waals surface area contributed by atoms with Gasteiger partial charge in [-0.1, -0.05) is 53.7 Å².